The lowest BCUT2D eigenvalue weighted by molar-refractivity contribution is -0.393. The molecule has 0 radical (unpaired) electrons. The lowest BCUT2D eigenvalue weighted by Gasteiger charge is -1.94. The topological polar surface area (TPSA) is 81.1 Å². The van der Waals surface area contributed by atoms with Crippen LogP contribution in [-0.4, -0.2) is 22.0 Å². The van der Waals surface area contributed by atoms with E-state index in [-0.39, 0.29) is 5.95 Å². The Labute approximate surface area is 78.7 Å². The summed E-state index contributed by atoms with van der Waals surface area (Å²) in [5, 5.41) is 10.4. The van der Waals surface area contributed by atoms with Gasteiger partial charge in [0, 0.05) is 6.07 Å². The van der Waals surface area contributed by atoms with Crippen molar-refractivity contribution in [2.24, 2.45) is 0 Å². The lowest BCUT2D eigenvalue weighted by atomic mass is 10.3. The molecule has 0 aliphatic heterocycles. The summed E-state index contributed by atoms with van der Waals surface area (Å²) in [6.07, 6.45) is 0. The first-order valence-corrected chi connectivity index (χ1v) is 3.89. The summed E-state index contributed by atoms with van der Waals surface area (Å²) < 4.78 is 4.97. The van der Waals surface area contributed by atoms with Gasteiger partial charge in [-0.25, -0.2) is 4.98 Å². The maximum absolute atomic E-state index is 10.4. The van der Waals surface area contributed by atoms with E-state index in [1.54, 1.807) is 18.2 Å². The summed E-state index contributed by atoms with van der Waals surface area (Å²) in [4.78, 5) is 16.2. The van der Waals surface area contributed by atoms with Crippen molar-refractivity contribution in [2.75, 3.05) is 7.11 Å². The summed E-state index contributed by atoms with van der Waals surface area (Å²) in [7, 11) is 1.53. The highest BCUT2D eigenvalue weighted by Gasteiger charge is 2.13. The molecule has 6 heteroatoms. The Bertz CT molecular complexity index is 492. The van der Waals surface area contributed by atoms with Gasteiger partial charge in [-0.3, -0.25) is 0 Å². The molecule has 1 heterocycles. The molecule has 0 spiro atoms. The van der Waals surface area contributed by atoms with E-state index in [1.807, 2.05) is 0 Å². The van der Waals surface area contributed by atoms with Crippen molar-refractivity contribution in [3.05, 3.63) is 28.3 Å². The number of fused-ring (bicyclic) bond motifs is 1. The Balaban J connectivity index is 2.60. The van der Waals surface area contributed by atoms with Crippen LogP contribution in [-0.2, 0) is 0 Å². The maximum atomic E-state index is 10.4. The van der Waals surface area contributed by atoms with Crippen LogP contribution in [0.3, 0.4) is 0 Å². The van der Waals surface area contributed by atoms with Crippen LogP contribution >= 0.6 is 0 Å². The molecule has 0 bridgehead atoms. The van der Waals surface area contributed by atoms with Gasteiger partial charge in [0.2, 0.25) is 0 Å². The predicted molar refractivity (Wildman–Crippen MR) is 49.3 cm³/mol. The predicted octanol–water partition coefficient (Wildman–Crippen LogP) is 1.48. The van der Waals surface area contributed by atoms with E-state index in [2.05, 4.69) is 9.97 Å². The summed E-state index contributed by atoms with van der Waals surface area (Å²) >= 11 is 0. The van der Waals surface area contributed by atoms with Gasteiger partial charge in [0.1, 0.15) is 11.3 Å². The number of imidazole rings is 1. The molecule has 0 amide bonds. The highest BCUT2D eigenvalue weighted by Crippen LogP contribution is 2.20. The van der Waals surface area contributed by atoms with E-state index in [1.165, 1.54) is 7.11 Å². The first-order chi connectivity index (χ1) is 6.70. The average molecular weight is 193 g/mol. The molecular weight excluding hydrogens is 186 g/mol. The van der Waals surface area contributed by atoms with E-state index < -0.39 is 4.92 Å². The molecule has 2 aromatic rings. The standard InChI is InChI=1S/C8H7N3O3/c1-14-5-2-3-6-7(4-5)10-8(9-6)11(12)13/h2-4H,1H3,(H,9,10). The molecule has 0 saturated heterocycles. The minimum absolute atomic E-state index is 0.256. The molecule has 6 nitrogen and oxygen atoms in total. The Kier molecular flexibility index (Phi) is 1.81. The van der Waals surface area contributed by atoms with E-state index in [0.29, 0.717) is 16.8 Å². The summed E-state index contributed by atoms with van der Waals surface area (Å²) in [5.41, 5.74) is 1.15. The fourth-order valence-corrected chi connectivity index (χ4v) is 1.19. The van der Waals surface area contributed by atoms with Crippen LogP contribution in [0.4, 0.5) is 5.95 Å². The molecule has 14 heavy (non-hydrogen) atoms. The van der Waals surface area contributed by atoms with Crippen LogP contribution in [0.1, 0.15) is 0 Å². The number of aromatic nitrogens is 2. The third-order valence-corrected chi connectivity index (χ3v) is 1.85. The van der Waals surface area contributed by atoms with E-state index in [9.17, 15) is 10.1 Å². The van der Waals surface area contributed by atoms with Gasteiger partial charge in [-0.1, -0.05) is 4.98 Å². The van der Waals surface area contributed by atoms with Crippen molar-refractivity contribution in [2.45, 2.75) is 0 Å². The second kappa shape index (κ2) is 2.99. The first-order valence-electron chi connectivity index (χ1n) is 3.89. The summed E-state index contributed by atoms with van der Waals surface area (Å²) in [5.74, 6) is 0.379. The van der Waals surface area contributed by atoms with Crippen LogP contribution in [0.25, 0.3) is 11.0 Å². The van der Waals surface area contributed by atoms with E-state index in [0.717, 1.165) is 0 Å². The smallest absolute Gasteiger partial charge is 0.433 e. The number of nitro groups is 1. The van der Waals surface area contributed by atoms with Crippen LogP contribution in [0.15, 0.2) is 18.2 Å². The maximum Gasteiger partial charge on any atom is 0.433 e. The van der Waals surface area contributed by atoms with Crippen molar-refractivity contribution in [1.82, 2.24) is 9.97 Å². The number of methoxy groups -OCH3 is 1. The molecular formula is C8H7N3O3. The number of benzene rings is 1. The first kappa shape index (κ1) is 8.49. The van der Waals surface area contributed by atoms with Crippen molar-refractivity contribution in [3.63, 3.8) is 0 Å². The number of ether oxygens (including phenoxy) is 1. The van der Waals surface area contributed by atoms with Crippen molar-refractivity contribution >= 4 is 17.0 Å². The van der Waals surface area contributed by atoms with Crippen molar-refractivity contribution in [1.29, 1.82) is 0 Å². The van der Waals surface area contributed by atoms with Crippen molar-refractivity contribution < 1.29 is 9.66 Å². The average Bonchev–Trinajstić information content (AvgIpc) is 2.59. The van der Waals surface area contributed by atoms with Gasteiger partial charge in [0.25, 0.3) is 0 Å². The van der Waals surface area contributed by atoms with Gasteiger partial charge in [-0.2, -0.15) is 0 Å². The number of rotatable bonds is 2. The van der Waals surface area contributed by atoms with Crippen LogP contribution in [0.5, 0.6) is 5.75 Å². The Morgan fingerprint density at radius 1 is 1.57 bits per heavy atom. The Morgan fingerprint density at radius 3 is 3.00 bits per heavy atom. The highest BCUT2D eigenvalue weighted by atomic mass is 16.6. The SMILES string of the molecule is COc1ccc2nc([N+](=O)[O-])[nH]c2c1. The third-order valence-electron chi connectivity index (χ3n) is 1.85. The monoisotopic (exact) mass is 193 g/mol. The zero-order valence-electron chi connectivity index (χ0n) is 7.35. The molecule has 1 N–H and O–H groups in total. The molecule has 0 atom stereocenters. The zero-order chi connectivity index (χ0) is 10.1. The quantitative estimate of drug-likeness (QED) is 0.578. The fourth-order valence-electron chi connectivity index (χ4n) is 1.19. The number of aromatic amines is 1. The molecule has 1 aromatic carbocycles. The molecule has 0 aliphatic carbocycles. The number of hydrogen-bond acceptors (Lipinski definition) is 4. The number of nitrogens with one attached hydrogen (secondary N) is 1. The molecule has 72 valence electrons. The van der Waals surface area contributed by atoms with Gasteiger partial charge < -0.3 is 14.9 Å². The molecule has 0 fully saturated rings. The second-order valence-corrected chi connectivity index (χ2v) is 2.70. The highest BCUT2D eigenvalue weighted by molar-refractivity contribution is 5.77. The van der Waals surface area contributed by atoms with Gasteiger partial charge in [0.15, 0.2) is 5.52 Å². The number of hydrogen-bond donors (Lipinski definition) is 1. The zero-order valence-corrected chi connectivity index (χ0v) is 7.35. The Hall–Kier alpha value is -2.11. The third kappa shape index (κ3) is 1.26. The fraction of sp³-hybridized carbons (Fsp3) is 0.125. The molecule has 0 aliphatic rings. The van der Waals surface area contributed by atoms with Crippen LogP contribution in [0.2, 0.25) is 0 Å². The minimum Gasteiger partial charge on any atom is -0.497 e. The van der Waals surface area contributed by atoms with E-state index >= 15 is 0 Å². The van der Waals surface area contributed by atoms with Gasteiger partial charge in [-0.05, 0) is 17.1 Å². The summed E-state index contributed by atoms with van der Waals surface area (Å²) in [6, 6.07) is 5.03. The number of nitrogens with zero attached hydrogens (tertiary/aromatic N) is 2. The van der Waals surface area contributed by atoms with Gasteiger partial charge in [0.05, 0.1) is 7.11 Å². The molecule has 2 rings (SSSR count). The summed E-state index contributed by atoms with van der Waals surface area (Å²) in [6.45, 7) is 0. The lowest BCUT2D eigenvalue weighted by Crippen LogP contribution is -1.88. The minimum atomic E-state index is -0.563. The van der Waals surface area contributed by atoms with Gasteiger partial charge >= 0.3 is 5.95 Å². The second-order valence-electron chi connectivity index (χ2n) is 2.70. The van der Waals surface area contributed by atoms with Crippen molar-refractivity contribution in [3.8, 4) is 5.75 Å². The molecule has 1 aromatic heterocycles. The largest absolute Gasteiger partial charge is 0.497 e. The van der Waals surface area contributed by atoms with E-state index in [4.69, 9.17) is 4.74 Å². The molecule has 0 saturated carbocycles. The number of H-pyrrole nitrogens is 1. The van der Waals surface area contributed by atoms with Crippen LogP contribution in [0, 0.1) is 10.1 Å². The Morgan fingerprint density at radius 2 is 2.36 bits per heavy atom. The van der Waals surface area contributed by atoms with Gasteiger partial charge in [-0.15, -0.1) is 0 Å². The van der Waals surface area contributed by atoms with Crippen LogP contribution < -0.4 is 4.74 Å². The molecule has 0 unspecified atom stereocenters. The normalized spacial score (nSPS) is 10.4.